The first-order chi connectivity index (χ1) is 15.9. The molecule has 1 aliphatic rings. The third-order valence-electron chi connectivity index (χ3n) is 5.51. The maximum atomic E-state index is 13.7. The van der Waals surface area contributed by atoms with Gasteiger partial charge in [0, 0.05) is 4.88 Å². The summed E-state index contributed by atoms with van der Waals surface area (Å²) in [6.45, 7) is 5.43. The Hall–Kier alpha value is -3.29. The second-order valence-electron chi connectivity index (χ2n) is 8.12. The lowest BCUT2D eigenvalue weighted by atomic mass is 10.0. The zero-order valence-corrected chi connectivity index (χ0v) is 20.1. The number of nitrogens with zero attached hydrogens (tertiary/aromatic N) is 2. The molecule has 0 aliphatic carbocycles. The predicted octanol–water partition coefficient (Wildman–Crippen LogP) is 4.40. The molecule has 5 rings (SSSR count). The van der Waals surface area contributed by atoms with Crippen LogP contribution in [-0.4, -0.2) is 16.6 Å². The van der Waals surface area contributed by atoms with Crippen molar-refractivity contribution in [1.29, 1.82) is 0 Å². The number of esters is 1. The highest BCUT2D eigenvalue weighted by Crippen LogP contribution is 2.33. The summed E-state index contributed by atoms with van der Waals surface area (Å²) < 4.78 is 7.74. The van der Waals surface area contributed by atoms with Crippen LogP contribution in [0.15, 0.2) is 81.0 Å². The number of ether oxygens (including phenoxy) is 1. The van der Waals surface area contributed by atoms with Gasteiger partial charge in [0.2, 0.25) is 0 Å². The molecule has 0 fully saturated rings. The molecule has 2 aromatic carbocycles. The van der Waals surface area contributed by atoms with Crippen molar-refractivity contribution >= 4 is 45.5 Å². The molecule has 5 nitrogen and oxygen atoms in total. The lowest BCUT2D eigenvalue weighted by molar-refractivity contribution is -0.143. The SMILES string of the molecule is CC1=C(C(=O)OC(C)C)[C@H](c2cccs2)n2c(s/c(=C/c3cccc4ccccc34)c2=O)=N1. The maximum absolute atomic E-state index is 13.7. The van der Waals surface area contributed by atoms with Crippen LogP contribution in [0, 0.1) is 0 Å². The Morgan fingerprint density at radius 2 is 1.91 bits per heavy atom. The van der Waals surface area contributed by atoms with E-state index in [0.29, 0.717) is 20.6 Å². The number of hydrogen-bond acceptors (Lipinski definition) is 6. The highest BCUT2D eigenvalue weighted by atomic mass is 32.1. The van der Waals surface area contributed by atoms with E-state index in [4.69, 9.17) is 4.74 Å². The van der Waals surface area contributed by atoms with Crippen LogP contribution in [0.3, 0.4) is 0 Å². The Balaban J connectivity index is 1.73. The Bertz CT molecular complexity index is 1570. The summed E-state index contributed by atoms with van der Waals surface area (Å²) in [4.78, 5) is 32.8. The molecule has 0 radical (unpaired) electrons. The molecule has 7 heteroatoms. The van der Waals surface area contributed by atoms with Crippen molar-refractivity contribution in [2.24, 2.45) is 4.99 Å². The number of hydrogen-bond donors (Lipinski definition) is 0. The number of rotatable bonds is 4. The zero-order chi connectivity index (χ0) is 23.1. The van der Waals surface area contributed by atoms with Gasteiger partial charge in [0.1, 0.15) is 6.04 Å². The molecule has 0 spiro atoms. The summed E-state index contributed by atoms with van der Waals surface area (Å²) in [5.41, 5.74) is 1.81. The molecule has 0 bridgehead atoms. The van der Waals surface area contributed by atoms with Gasteiger partial charge >= 0.3 is 5.97 Å². The van der Waals surface area contributed by atoms with Crippen LogP contribution in [0.4, 0.5) is 0 Å². The number of allylic oxidation sites excluding steroid dienone is 1. The van der Waals surface area contributed by atoms with Crippen LogP contribution in [0.5, 0.6) is 0 Å². The summed E-state index contributed by atoms with van der Waals surface area (Å²) in [5.74, 6) is -0.437. The summed E-state index contributed by atoms with van der Waals surface area (Å²) >= 11 is 2.85. The third-order valence-corrected chi connectivity index (χ3v) is 7.41. The average molecular weight is 475 g/mol. The van der Waals surface area contributed by atoms with Crippen molar-refractivity contribution in [3.05, 3.63) is 101 Å². The lowest BCUT2D eigenvalue weighted by Gasteiger charge is -2.24. The molecule has 33 heavy (non-hydrogen) atoms. The van der Waals surface area contributed by atoms with E-state index in [-0.39, 0.29) is 11.7 Å². The molecular weight excluding hydrogens is 452 g/mol. The number of carbonyl (C=O) groups excluding carboxylic acids is 1. The lowest BCUT2D eigenvalue weighted by Crippen LogP contribution is -2.39. The van der Waals surface area contributed by atoms with Gasteiger partial charge in [0.25, 0.3) is 5.56 Å². The van der Waals surface area contributed by atoms with E-state index in [1.165, 1.54) is 22.7 Å². The fourth-order valence-corrected chi connectivity index (χ4v) is 5.95. The van der Waals surface area contributed by atoms with Crippen LogP contribution < -0.4 is 14.9 Å². The number of thiophene rings is 1. The highest BCUT2D eigenvalue weighted by molar-refractivity contribution is 7.10. The smallest absolute Gasteiger partial charge is 0.338 e. The Labute approximate surface area is 198 Å². The number of aromatic nitrogens is 1. The summed E-state index contributed by atoms with van der Waals surface area (Å²) in [7, 11) is 0. The summed E-state index contributed by atoms with van der Waals surface area (Å²) in [5, 5.41) is 4.14. The molecule has 3 heterocycles. The molecule has 0 unspecified atom stereocenters. The number of fused-ring (bicyclic) bond motifs is 2. The Morgan fingerprint density at radius 1 is 1.12 bits per heavy atom. The van der Waals surface area contributed by atoms with Gasteiger partial charge < -0.3 is 4.74 Å². The summed E-state index contributed by atoms with van der Waals surface area (Å²) in [6, 6.07) is 17.5. The van der Waals surface area contributed by atoms with Crippen LogP contribution in [0.2, 0.25) is 0 Å². The van der Waals surface area contributed by atoms with E-state index >= 15 is 0 Å². The van der Waals surface area contributed by atoms with E-state index in [9.17, 15) is 9.59 Å². The largest absolute Gasteiger partial charge is 0.459 e. The number of carbonyl (C=O) groups is 1. The van der Waals surface area contributed by atoms with Crippen molar-refractivity contribution in [3.63, 3.8) is 0 Å². The van der Waals surface area contributed by atoms with E-state index in [0.717, 1.165) is 21.2 Å². The quantitative estimate of drug-likeness (QED) is 0.412. The fraction of sp³-hybridized carbons (Fsp3) is 0.192. The molecule has 0 N–H and O–H groups in total. The minimum atomic E-state index is -0.554. The molecule has 0 saturated heterocycles. The van der Waals surface area contributed by atoms with E-state index in [1.54, 1.807) is 11.5 Å². The van der Waals surface area contributed by atoms with E-state index in [1.807, 2.05) is 61.7 Å². The topological polar surface area (TPSA) is 60.7 Å². The molecular formula is C26H22N2O3S2. The standard InChI is InChI=1S/C26H22N2O3S2/c1-15(2)31-25(30)22-16(3)27-26-28(23(22)20-12-7-13-32-20)24(29)21(33-26)14-18-10-6-9-17-8-4-5-11-19(17)18/h4-15,23H,1-3H3/b21-14+/t23-/m0/s1. The highest BCUT2D eigenvalue weighted by Gasteiger charge is 2.34. The van der Waals surface area contributed by atoms with Crippen molar-refractivity contribution < 1.29 is 9.53 Å². The number of benzene rings is 2. The van der Waals surface area contributed by atoms with Crippen LogP contribution in [0.25, 0.3) is 16.8 Å². The van der Waals surface area contributed by atoms with Crippen molar-refractivity contribution in [2.75, 3.05) is 0 Å². The van der Waals surface area contributed by atoms with Crippen molar-refractivity contribution in [3.8, 4) is 0 Å². The third kappa shape index (κ3) is 3.87. The molecule has 0 saturated carbocycles. The van der Waals surface area contributed by atoms with E-state index in [2.05, 4.69) is 23.2 Å². The Morgan fingerprint density at radius 3 is 2.67 bits per heavy atom. The molecule has 1 atom stereocenters. The first kappa shape index (κ1) is 21.6. The normalized spacial score (nSPS) is 16.2. The predicted molar refractivity (Wildman–Crippen MR) is 133 cm³/mol. The molecule has 2 aromatic heterocycles. The van der Waals surface area contributed by atoms with Gasteiger partial charge in [-0.1, -0.05) is 59.9 Å². The second-order valence-corrected chi connectivity index (χ2v) is 10.1. The van der Waals surface area contributed by atoms with Crippen LogP contribution in [0.1, 0.15) is 37.3 Å². The van der Waals surface area contributed by atoms with Crippen LogP contribution in [-0.2, 0) is 9.53 Å². The average Bonchev–Trinajstić information content (AvgIpc) is 3.41. The monoisotopic (exact) mass is 474 g/mol. The van der Waals surface area contributed by atoms with Crippen molar-refractivity contribution in [2.45, 2.75) is 32.9 Å². The summed E-state index contributed by atoms with van der Waals surface area (Å²) in [6.07, 6.45) is 1.65. The van der Waals surface area contributed by atoms with Gasteiger partial charge in [-0.25, -0.2) is 9.79 Å². The second kappa shape index (κ2) is 8.57. The number of thiazole rings is 1. The van der Waals surface area contributed by atoms with Gasteiger partial charge in [-0.15, -0.1) is 11.3 Å². The molecule has 1 aliphatic heterocycles. The minimum absolute atomic E-state index is 0.160. The van der Waals surface area contributed by atoms with Gasteiger partial charge in [-0.2, -0.15) is 0 Å². The minimum Gasteiger partial charge on any atom is -0.459 e. The van der Waals surface area contributed by atoms with E-state index < -0.39 is 12.0 Å². The van der Waals surface area contributed by atoms with Gasteiger partial charge in [-0.05, 0) is 54.6 Å². The van der Waals surface area contributed by atoms with Gasteiger partial charge in [-0.3, -0.25) is 9.36 Å². The first-order valence-electron chi connectivity index (χ1n) is 10.7. The van der Waals surface area contributed by atoms with Gasteiger partial charge in [0.15, 0.2) is 4.80 Å². The van der Waals surface area contributed by atoms with Crippen LogP contribution >= 0.6 is 22.7 Å². The zero-order valence-electron chi connectivity index (χ0n) is 18.4. The Kier molecular flexibility index (Phi) is 5.60. The maximum Gasteiger partial charge on any atom is 0.338 e. The first-order valence-corrected chi connectivity index (χ1v) is 12.4. The molecule has 4 aromatic rings. The molecule has 166 valence electrons. The van der Waals surface area contributed by atoms with Crippen molar-refractivity contribution in [1.82, 2.24) is 4.57 Å². The fourth-order valence-electron chi connectivity index (χ4n) is 4.09. The van der Waals surface area contributed by atoms with Gasteiger partial charge in [0.05, 0.1) is 21.9 Å². The molecule has 0 amide bonds.